The molecule has 1 saturated heterocycles. The average Bonchev–Trinajstić information content (AvgIpc) is 3.12. The van der Waals surface area contributed by atoms with Crippen molar-refractivity contribution >= 4 is 17.5 Å². The smallest absolute Gasteiger partial charge is 0.237 e. The number of hydrogen-bond donors (Lipinski definition) is 0. The first-order chi connectivity index (χ1) is 11.2. The fourth-order valence-corrected chi connectivity index (χ4v) is 3.74. The van der Waals surface area contributed by atoms with Gasteiger partial charge in [-0.1, -0.05) is 43.2 Å². The molecule has 0 spiro atoms. The summed E-state index contributed by atoms with van der Waals surface area (Å²) < 4.78 is 1.77. The number of rotatable bonds is 3. The summed E-state index contributed by atoms with van der Waals surface area (Å²) in [5, 5.41) is 4.31. The van der Waals surface area contributed by atoms with Crippen LogP contribution in [0.15, 0.2) is 42.7 Å². The van der Waals surface area contributed by atoms with E-state index in [1.807, 2.05) is 30.3 Å². The van der Waals surface area contributed by atoms with Gasteiger partial charge in [0.25, 0.3) is 0 Å². The van der Waals surface area contributed by atoms with Crippen molar-refractivity contribution in [2.75, 3.05) is 4.90 Å². The maximum absolute atomic E-state index is 12.6. The minimum absolute atomic E-state index is 0.0426. The second-order valence-corrected chi connectivity index (χ2v) is 6.39. The Morgan fingerprint density at radius 2 is 1.65 bits per heavy atom. The van der Waals surface area contributed by atoms with Crippen LogP contribution in [0.25, 0.3) is 0 Å². The molecule has 1 aromatic heterocycles. The van der Waals surface area contributed by atoms with Gasteiger partial charge in [-0.3, -0.25) is 14.3 Å². The van der Waals surface area contributed by atoms with Gasteiger partial charge in [-0.25, -0.2) is 4.90 Å². The number of carbonyl (C=O) groups is 2. The highest BCUT2D eigenvalue weighted by atomic mass is 16.2. The van der Waals surface area contributed by atoms with Gasteiger partial charge < -0.3 is 0 Å². The lowest BCUT2D eigenvalue weighted by Crippen LogP contribution is -2.30. The van der Waals surface area contributed by atoms with Crippen molar-refractivity contribution in [2.45, 2.75) is 32.2 Å². The van der Waals surface area contributed by atoms with Gasteiger partial charge in [-0.15, -0.1) is 0 Å². The zero-order valence-corrected chi connectivity index (χ0v) is 12.9. The molecule has 1 saturated carbocycles. The lowest BCUT2D eigenvalue weighted by Gasteiger charge is -2.19. The largest absolute Gasteiger partial charge is 0.274 e. The monoisotopic (exact) mass is 309 g/mol. The van der Waals surface area contributed by atoms with Gasteiger partial charge in [0.1, 0.15) is 0 Å². The molecule has 2 atom stereocenters. The Kier molecular flexibility index (Phi) is 3.48. The number of imide groups is 1. The molecule has 2 fully saturated rings. The maximum atomic E-state index is 12.6. The highest BCUT2D eigenvalue weighted by molar-refractivity contribution is 6.21. The standard InChI is InChI=1S/C18H19N3O2/c22-17-15-8-4-5-9-16(15)18(23)21(17)14-10-19-20(12-14)11-13-6-2-1-3-7-13/h1-3,6-7,10,12,15-16H,4-5,8-9,11H2/t15-,16-/m1/s1. The van der Waals surface area contributed by atoms with E-state index in [0.717, 1.165) is 31.2 Å². The fourth-order valence-electron chi connectivity index (χ4n) is 3.74. The molecule has 0 radical (unpaired) electrons. The number of anilines is 1. The van der Waals surface area contributed by atoms with Crippen LogP contribution in [-0.4, -0.2) is 21.6 Å². The summed E-state index contributed by atoms with van der Waals surface area (Å²) in [5.41, 5.74) is 1.74. The SMILES string of the molecule is O=C1[C@@H]2CCCC[C@H]2C(=O)N1c1cnn(Cc2ccccc2)c1. The van der Waals surface area contributed by atoms with Crippen LogP contribution in [0.3, 0.4) is 0 Å². The van der Waals surface area contributed by atoms with Crippen molar-refractivity contribution in [3.05, 3.63) is 48.3 Å². The van der Waals surface area contributed by atoms with E-state index >= 15 is 0 Å². The second kappa shape index (κ2) is 5.65. The Balaban J connectivity index is 1.57. The Morgan fingerprint density at radius 1 is 1.00 bits per heavy atom. The zero-order chi connectivity index (χ0) is 15.8. The first-order valence-corrected chi connectivity index (χ1v) is 8.18. The third-order valence-corrected chi connectivity index (χ3v) is 4.91. The van der Waals surface area contributed by atoms with E-state index in [-0.39, 0.29) is 23.7 Å². The molecule has 4 rings (SSSR count). The lowest BCUT2D eigenvalue weighted by atomic mass is 9.81. The molecule has 2 amide bonds. The van der Waals surface area contributed by atoms with Gasteiger partial charge in [0.2, 0.25) is 11.8 Å². The van der Waals surface area contributed by atoms with E-state index in [0.29, 0.717) is 12.2 Å². The van der Waals surface area contributed by atoms with Crippen molar-refractivity contribution in [2.24, 2.45) is 11.8 Å². The number of amides is 2. The van der Waals surface area contributed by atoms with E-state index in [2.05, 4.69) is 5.10 Å². The van der Waals surface area contributed by atoms with Crippen molar-refractivity contribution < 1.29 is 9.59 Å². The van der Waals surface area contributed by atoms with Gasteiger partial charge in [-0.2, -0.15) is 5.10 Å². The maximum Gasteiger partial charge on any atom is 0.237 e. The van der Waals surface area contributed by atoms with Crippen molar-refractivity contribution in [3.8, 4) is 0 Å². The average molecular weight is 309 g/mol. The summed E-state index contributed by atoms with van der Waals surface area (Å²) in [6.45, 7) is 0.629. The second-order valence-electron chi connectivity index (χ2n) is 6.39. The summed E-state index contributed by atoms with van der Waals surface area (Å²) in [6, 6.07) is 10.0. The van der Waals surface area contributed by atoms with Gasteiger partial charge >= 0.3 is 0 Å². The minimum Gasteiger partial charge on any atom is -0.274 e. The molecule has 2 heterocycles. The number of benzene rings is 1. The van der Waals surface area contributed by atoms with Crippen LogP contribution in [0.2, 0.25) is 0 Å². The van der Waals surface area contributed by atoms with Crippen molar-refractivity contribution in [1.82, 2.24) is 9.78 Å². The van der Waals surface area contributed by atoms with E-state index < -0.39 is 0 Å². The zero-order valence-electron chi connectivity index (χ0n) is 12.9. The van der Waals surface area contributed by atoms with E-state index in [4.69, 9.17) is 0 Å². The highest BCUT2D eigenvalue weighted by Crippen LogP contribution is 2.39. The van der Waals surface area contributed by atoms with Crippen LogP contribution in [0.1, 0.15) is 31.2 Å². The predicted octanol–water partition coefficient (Wildman–Crippen LogP) is 2.61. The Bertz CT molecular complexity index is 714. The molecular weight excluding hydrogens is 290 g/mol. The Morgan fingerprint density at radius 3 is 2.30 bits per heavy atom. The first-order valence-electron chi connectivity index (χ1n) is 8.18. The van der Waals surface area contributed by atoms with Crippen LogP contribution < -0.4 is 4.90 Å². The molecule has 5 nitrogen and oxygen atoms in total. The fraction of sp³-hybridized carbons (Fsp3) is 0.389. The molecular formula is C18H19N3O2. The molecule has 2 aromatic rings. The number of aromatic nitrogens is 2. The number of nitrogens with zero attached hydrogens (tertiary/aromatic N) is 3. The minimum atomic E-state index is -0.117. The van der Waals surface area contributed by atoms with Crippen LogP contribution in [0, 0.1) is 11.8 Å². The van der Waals surface area contributed by atoms with E-state index in [1.165, 1.54) is 4.90 Å². The summed E-state index contributed by atoms with van der Waals surface area (Å²) in [4.78, 5) is 26.5. The number of carbonyl (C=O) groups excluding carboxylic acids is 2. The van der Waals surface area contributed by atoms with Gasteiger partial charge in [-0.05, 0) is 18.4 Å². The molecule has 0 bridgehead atoms. The van der Waals surface area contributed by atoms with Crippen LogP contribution >= 0.6 is 0 Å². The summed E-state index contributed by atoms with van der Waals surface area (Å²) in [7, 11) is 0. The third kappa shape index (κ3) is 2.46. The van der Waals surface area contributed by atoms with Crippen molar-refractivity contribution in [1.29, 1.82) is 0 Å². The van der Waals surface area contributed by atoms with Gasteiger partial charge in [0.15, 0.2) is 0 Å². The Labute approximate surface area is 134 Å². The van der Waals surface area contributed by atoms with Gasteiger partial charge in [0.05, 0.1) is 30.3 Å². The number of fused-ring (bicyclic) bond motifs is 1. The molecule has 1 aliphatic carbocycles. The molecule has 0 N–H and O–H groups in total. The molecule has 5 heteroatoms. The molecule has 1 aliphatic heterocycles. The van der Waals surface area contributed by atoms with Gasteiger partial charge in [0, 0.05) is 6.20 Å². The summed E-state index contributed by atoms with van der Waals surface area (Å²) in [5.74, 6) is -0.319. The Hall–Kier alpha value is -2.43. The topological polar surface area (TPSA) is 55.2 Å². The summed E-state index contributed by atoms with van der Waals surface area (Å²) >= 11 is 0. The third-order valence-electron chi connectivity index (χ3n) is 4.91. The molecule has 1 aromatic carbocycles. The van der Waals surface area contributed by atoms with Crippen molar-refractivity contribution in [3.63, 3.8) is 0 Å². The van der Waals surface area contributed by atoms with Crippen LogP contribution in [0.5, 0.6) is 0 Å². The molecule has 23 heavy (non-hydrogen) atoms. The van der Waals surface area contributed by atoms with Crippen LogP contribution in [0.4, 0.5) is 5.69 Å². The predicted molar refractivity (Wildman–Crippen MR) is 85.7 cm³/mol. The van der Waals surface area contributed by atoms with Crippen LogP contribution in [-0.2, 0) is 16.1 Å². The molecule has 0 unspecified atom stereocenters. The summed E-state index contributed by atoms with van der Waals surface area (Å²) in [6.07, 6.45) is 7.17. The molecule has 2 aliphatic rings. The number of hydrogen-bond acceptors (Lipinski definition) is 3. The van der Waals surface area contributed by atoms with E-state index in [9.17, 15) is 9.59 Å². The molecule has 118 valence electrons. The normalized spacial score (nSPS) is 24.1. The highest BCUT2D eigenvalue weighted by Gasteiger charge is 2.49. The quantitative estimate of drug-likeness (QED) is 0.819. The first kappa shape index (κ1) is 14.2. The lowest BCUT2D eigenvalue weighted by molar-refractivity contribution is -0.122. The van der Waals surface area contributed by atoms with E-state index in [1.54, 1.807) is 17.1 Å².